The van der Waals surface area contributed by atoms with E-state index in [1.807, 2.05) is 33.6 Å². The summed E-state index contributed by atoms with van der Waals surface area (Å²) in [6.45, 7) is 3.57. The second-order valence-corrected chi connectivity index (χ2v) is 6.40. The number of nitrogens with zero attached hydrogens (tertiary/aromatic N) is 8. The van der Waals surface area contributed by atoms with Gasteiger partial charge in [0.05, 0.1) is 18.1 Å². The predicted molar refractivity (Wildman–Crippen MR) is 97.5 cm³/mol. The van der Waals surface area contributed by atoms with Gasteiger partial charge in [0.15, 0.2) is 23.1 Å². The molecule has 0 bridgehead atoms. The first-order valence-corrected chi connectivity index (χ1v) is 8.93. The second-order valence-electron chi connectivity index (χ2n) is 6.40. The molecule has 5 rings (SSSR count). The van der Waals surface area contributed by atoms with Crippen molar-refractivity contribution in [1.82, 2.24) is 39.1 Å². The minimum Gasteiger partial charge on any atom is -0.486 e. The maximum atomic E-state index is 5.73. The van der Waals surface area contributed by atoms with Crippen LogP contribution in [0.1, 0.15) is 24.6 Å². The average molecular weight is 378 g/mol. The van der Waals surface area contributed by atoms with Crippen LogP contribution in [0.4, 0.5) is 0 Å². The quantitative estimate of drug-likeness (QED) is 0.519. The number of fused-ring (bicyclic) bond motifs is 1. The van der Waals surface area contributed by atoms with E-state index < -0.39 is 0 Å². The Morgan fingerprint density at radius 1 is 1.11 bits per heavy atom. The first-order valence-electron chi connectivity index (χ1n) is 8.93. The molecular weight excluding hydrogens is 360 g/mol. The number of benzene rings is 1. The highest BCUT2D eigenvalue weighted by atomic mass is 16.6. The Labute approximate surface area is 160 Å². The first kappa shape index (κ1) is 16.5. The summed E-state index contributed by atoms with van der Waals surface area (Å²) in [5.41, 5.74) is 0.851. The maximum Gasteiger partial charge on any atom is 0.172 e. The maximum absolute atomic E-state index is 5.73. The van der Waals surface area contributed by atoms with E-state index in [0.29, 0.717) is 31.3 Å². The van der Waals surface area contributed by atoms with Crippen LogP contribution in [0.5, 0.6) is 11.5 Å². The largest absolute Gasteiger partial charge is 0.486 e. The Kier molecular flexibility index (Phi) is 4.00. The van der Waals surface area contributed by atoms with Crippen molar-refractivity contribution in [1.29, 1.82) is 0 Å². The zero-order chi connectivity index (χ0) is 18.9. The molecule has 0 saturated carbocycles. The zero-order valence-corrected chi connectivity index (χ0v) is 15.2. The summed E-state index contributed by atoms with van der Waals surface area (Å²) in [6, 6.07) is 5.71. The molecule has 0 unspecified atom stereocenters. The Morgan fingerprint density at radius 2 is 2.00 bits per heavy atom. The van der Waals surface area contributed by atoms with Gasteiger partial charge in [-0.15, -0.1) is 5.10 Å². The molecule has 4 heterocycles. The summed E-state index contributed by atoms with van der Waals surface area (Å²) in [5.74, 6) is 2.87. The van der Waals surface area contributed by atoms with Gasteiger partial charge in [-0.1, -0.05) is 0 Å². The SMILES string of the molecule is C[C@H](c1nc(Cn2cncn2)nn1-c1ccc2c(c1)OCCO2)n1ccnc1. The van der Waals surface area contributed by atoms with E-state index in [-0.39, 0.29) is 6.04 Å². The average Bonchev–Trinajstić information content (AvgIpc) is 3.49. The summed E-state index contributed by atoms with van der Waals surface area (Å²) in [6.07, 6.45) is 8.56. The molecule has 1 atom stereocenters. The van der Waals surface area contributed by atoms with Crippen molar-refractivity contribution in [2.75, 3.05) is 13.2 Å². The minimum absolute atomic E-state index is 0.0623. The van der Waals surface area contributed by atoms with Crippen molar-refractivity contribution in [2.24, 2.45) is 0 Å². The standard InChI is InChI=1S/C18H18N8O2/c1-13(24-5-4-19-11-24)18-22-17(9-25-12-20-10-21-25)23-26(18)14-2-3-15-16(8-14)28-7-6-27-15/h2-5,8,10-13H,6-7,9H2,1H3/t13-/m1/s1. The molecule has 1 aliphatic rings. The molecule has 0 saturated heterocycles. The highest BCUT2D eigenvalue weighted by Crippen LogP contribution is 2.32. The number of hydrogen-bond donors (Lipinski definition) is 0. The summed E-state index contributed by atoms with van der Waals surface area (Å²) in [5, 5.41) is 8.86. The van der Waals surface area contributed by atoms with Gasteiger partial charge < -0.3 is 14.0 Å². The zero-order valence-electron chi connectivity index (χ0n) is 15.2. The van der Waals surface area contributed by atoms with Gasteiger partial charge in [0.1, 0.15) is 32.4 Å². The van der Waals surface area contributed by atoms with E-state index in [1.54, 1.807) is 23.5 Å². The third-order valence-electron chi connectivity index (χ3n) is 4.56. The van der Waals surface area contributed by atoms with Crippen LogP contribution >= 0.6 is 0 Å². The van der Waals surface area contributed by atoms with Crippen LogP contribution in [0.15, 0.2) is 49.6 Å². The fourth-order valence-corrected chi connectivity index (χ4v) is 3.15. The molecule has 0 aliphatic carbocycles. The second kappa shape index (κ2) is 6.80. The number of rotatable bonds is 5. The van der Waals surface area contributed by atoms with Crippen LogP contribution in [0.3, 0.4) is 0 Å². The summed E-state index contributed by atoms with van der Waals surface area (Å²) < 4.78 is 16.9. The Balaban J connectivity index is 1.57. The monoisotopic (exact) mass is 378 g/mol. The van der Waals surface area contributed by atoms with Crippen LogP contribution in [0.2, 0.25) is 0 Å². The summed E-state index contributed by atoms with van der Waals surface area (Å²) in [7, 11) is 0. The third-order valence-corrected chi connectivity index (χ3v) is 4.56. The molecule has 0 radical (unpaired) electrons. The third kappa shape index (κ3) is 2.98. The van der Waals surface area contributed by atoms with Crippen molar-refractivity contribution in [3.05, 3.63) is 61.2 Å². The van der Waals surface area contributed by atoms with Crippen LogP contribution in [-0.4, -0.2) is 52.3 Å². The molecule has 0 spiro atoms. The molecule has 0 amide bonds. The molecule has 0 fully saturated rings. The molecule has 1 aliphatic heterocycles. The minimum atomic E-state index is -0.0623. The van der Waals surface area contributed by atoms with E-state index in [9.17, 15) is 0 Å². The Bertz CT molecular complexity index is 1070. The highest BCUT2D eigenvalue weighted by molar-refractivity contribution is 5.49. The smallest absolute Gasteiger partial charge is 0.172 e. The van der Waals surface area contributed by atoms with Gasteiger partial charge >= 0.3 is 0 Å². The lowest BCUT2D eigenvalue weighted by atomic mass is 10.2. The lowest BCUT2D eigenvalue weighted by molar-refractivity contribution is 0.171. The van der Waals surface area contributed by atoms with Gasteiger partial charge in [-0.3, -0.25) is 0 Å². The summed E-state index contributed by atoms with van der Waals surface area (Å²) >= 11 is 0. The predicted octanol–water partition coefficient (Wildman–Crippen LogP) is 1.48. The van der Waals surface area contributed by atoms with E-state index in [0.717, 1.165) is 17.3 Å². The van der Waals surface area contributed by atoms with Crippen LogP contribution in [-0.2, 0) is 6.54 Å². The molecule has 10 heteroatoms. The fraction of sp³-hybridized carbons (Fsp3) is 0.278. The van der Waals surface area contributed by atoms with Gasteiger partial charge in [0.2, 0.25) is 0 Å². The Morgan fingerprint density at radius 3 is 2.79 bits per heavy atom. The molecule has 142 valence electrons. The van der Waals surface area contributed by atoms with Crippen molar-refractivity contribution in [3.63, 3.8) is 0 Å². The molecule has 1 aromatic carbocycles. The molecular formula is C18H18N8O2. The van der Waals surface area contributed by atoms with Crippen molar-refractivity contribution in [2.45, 2.75) is 19.5 Å². The van der Waals surface area contributed by atoms with Gasteiger partial charge in [-0.25, -0.2) is 24.3 Å². The number of imidazole rings is 1. The molecule has 3 aromatic heterocycles. The van der Waals surface area contributed by atoms with Gasteiger partial charge in [-0.2, -0.15) is 5.10 Å². The van der Waals surface area contributed by atoms with Gasteiger partial charge in [0, 0.05) is 18.5 Å². The van der Waals surface area contributed by atoms with E-state index >= 15 is 0 Å². The lowest BCUT2D eigenvalue weighted by Gasteiger charge is -2.19. The van der Waals surface area contributed by atoms with Crippen LogP contribution in [0.25, 0.3) is 5.69 Å². The number of hydrogen-bond acceptors (Lipinski definition) is 7. The van der Waals surface area contributed by atoms with Crippen molar-refractivity contribution < 1.29 is 9.47 Å². The topological polar surface area (TPSA) is 97.7 Å². The van der Waals surface area contributed by atoms with E-state index in [2.05, 4.69) is 22.0 Å². The van der Waals surface area contributed by atoms with E-state index in [4.69, 9.17) is 19.6 Å². The Hall–Kier alpha value is -3.69. The molecule has 4 aromatic rings. The first-order chi connectivity index (χ1) is 13.8. The highest BCUT2D eigenvalue weighted by Gasteiger charge is 2.21. The molecule has 28 heavy (non-hydrogen) atoms. The van der Waals surface area contributed by atoms with Gasteiger partial charge in [0.25, 0.3) is 0 Å². The number of aromatic nitrogens is 8. The van der Waals surface area contributed by atoms with Crippen LogP contribution < -0.4 is 9.47 Å². The van der Waals surface area contributed by atoms with Crippen LogP contribution in [0, 0.1) is 0 Å². The fourth-order valence-electron chi connectivity index (χ4n) is 3.15. The van der Waals surface area contributed by atoms with E-state index in [1.165, 1.54) is 6.33 Å². The van der Waals surface area contributed by atoms with Gasteiger partial charge in [-0.05, 0) is 19.1 Å². The number of ether oxygens (including phenoxy) is 2. The normalized spacial score (nSPS) is 14.2. The summed E-state index contributed by atoms with van der Waals surface area (Å²) in [4.78, 5) is 12.9. The molecule has 0 N–H and O–H groups in total. The molecule has 10 nitrogen and oxygen atoms in total. The van der Waals surface area contributed by atoms with Crippen molar-refractivity contribution >= 4 is 0 Å². The van der Waals surface area contributed by atoms with Crippen molar-refractivity contribution in [3.8, 4) is 17.2 Å². The lowest BCUT2D eigenvalue weighted by Crippen LogP contribution is -2.16.